The van der Waals surface area contributed by atoms with E-state index >= 15 is 0 Å². The smallest absolute Gasteiger partial charge is 0.361 e. The first-order valence-corrected chi connectivity index (χ1v) is 24.4. The second-order valence-corrected chi connectivity index (χ2v) is 17.5. The topological polar surface area (TPSA) is 144 Å². The van der Waals surface area contributed by atoms with E-state index in [1.54, 1.807) is 43.6 Å². The minimum Gasteiger partial charge on any atom is -0.494 e. The molecule has 8 aromatic rings. The average molecular weight is 978 g/mol. The molecule has 0 saturated heterocycles. The SMILES string of the molecule is [2H]C(=O)c1cccc(-c2ccc(-c3cc(N/N=C(\C(=O)OCC)c4ccc(-c5cccc(OCCCS)c5)cn4)c4ncc(-c5ccc(-c6cccc(/C=N/NC(=O)CCS)c6)cc5C)cc4c3)c(C)c2)c1. The maximum absolute atomic E-state index is 13.6. The number of pyridine rings is 2. The van der Waals surface area contributed by atoms with Gasteiger partial charge in [-0.15, -0.1) is 0 Å². The molecule has 2 heterocycles. The van der Waals surface area contributed by atoms with E-state index in [1.807, 2.05) is 92.0 Å². The number of hydrogen-bond acceptors (Lipinski definition) is 12. The van der Waals surface area contributed by atoms with E-state index in [0.717, 1.165) is 95.6 Å². The maximum Gasteiger partial charge on any atom is 0.361 e. The first-order valence-electron chi connectivity index (χ1n) is 23.6. The van der Waals surface area contributed by atoms with Crippen molar-refractivity contribution in [3.8, 4) is 61.4 Å². The zero-order valence-corrected chi connectivity index (χ0v) is 41.3. The number of fused-ring (bicyclic) bond motifs is 1. The number of esters is 1. The van der Waals surface area contributed by atoms with Crippen LogP contribution in [0.25, 0.3) is 66.5 Å². The molecule has 0 atom stereocenters. The first kappa shape index (κ1) is 48.2. The van der Waals surface area contributed by atoms with Crippen LogP contribution < -0.4 is 15.6 Å². The number of thiol groups is 2. The second kappa shape index (κ2) is 23.6. The van der Waals surface area contributed by atoms with Crippen molar-refractivity contribution in [1.29, 1.82) is 0 Å². The van der Waals surface area contributed by atoms with Crippen LogP contribution in [0.5, 0.6) is 5.75 Å². The number of aryl methyl sites for hydroxylation is 2. The predicted octanol–water partition coefficient (Wildman–Crippen LogP) is 12.2. The molecule has 71 heavy (non-hydrogen) atoms. The van der Waals surface area contributed by atoms with Crippen molar-refractivity contribution in [3.05, 3.63) is 180 Å². The van der Waals surface area contributed by atoms with Gasteiger partial charge in [0.05, 0.1) is 36.3 Å². The van der Waals surface area contributed by atoms with Crippen molar-refractivity contribution in [2.45, 2.75) is 33.6 Å². The molecule has 0 bridgehead atoms. The molecule has 2 aromatic heterocycles. The summed E-state index contributed by atoms with van der Waals surface area (Å²) in [7, 11) is 0. The van der Waals surface area contributed by atoms with E-state index in [0.29, 0.717) is 34.8 Å². The van der Waals surface area contributed by atoms with E-state index in [9.17, 15) is 14.4 Å². The summed E-state index contributed by atoms with van der Waals surface area (Å²) in [6, 6.07) is 44.9. The number of anilines is 1. The van der Waals surface area contributed by atoms with Crippen molar-refractivity contribution in [2.75, 3.05) is 30.1 Å². The van der Waals surface area contributed by atoms with Crippen LogP contribution in [0.15, 0.2) is 162 Å². The third kappa shape index (κ3) is 12.3. The number of hydrogen-bond donors (Lipinski definition) is 4. The summed E-state index contributed by atoms with van der Waals surface area (Å²) in [4.78, 5) is 47.1. The lowest BCUT2D eigenvalue weighted by Gasteiger charge is -2.15. The summed E-state index contributed by atoms with van der Waals surface area (Å²) in [5.41, 5.74) is 19.6. The van der Waals surface area contributed by atoms with Gasteiger partial charge in [-0.3, -0.25) is 25.0 Å². The van der Waals surface area contributed by atoms with Gasteiger partial charge in [0.15, 0.2) is 5.71 Å². The monoisotopic (exact) mass is 977 g/mol. The van der Waals surface area contributed by atoms with Crippen molar-refractivity contribution < 1.29 is 25.2 Å². The lowest BCUT2D eigenvalue weighted by Crippen LogP contribution is -2.21. The third-order valence-electron chi connectivity index (χ3n) is 11.6. The van der Waals surface area contributed by atoms with Crippen molar-refractivity contribution in [1.82, 2.24) is 15.4 Å². The number of aromatic nitrogens is 2. The van der Waals surface area contributed by atoms with Gasteiger partial charge in [-0.2, -0.15) is 35.5 Å². The number of benzene rings is 6. The Balaban J connectivity index is 1.16. The molecule has 0 aliphatic heterocycles. The fraction of sp³-hybridized carbons (Fsp3) is 0.155. The third-order valence-corrected chi connectivity index (χ3v) is 12.2. The number of nitrogens with one attached hydrogen (secondary N) is 2. The van der Waals surface area contributed by atoms with Crippen LogP contribution in [0.4, 0.5) is 5.69 Å². The van der Waals surface area contributed by atoms with Crippen LogP contribution >= 0.6 is 25.3 Å². The molecule has 0 fully saturated rings. The maximum atomic E-state index is 13.6. The minimum atomic E-state index is -0.741. The fourth-order valence-corrected chi connectivity index (χ4v) is 8.45. The van der Waals surface area contributed by atoms with Crippen LogP contribution in [0.1, 0.15) is 53.9 Å². The Morgan fingerprint density at radius 3 is 1.99 bits per heavy atom. The highest BCUT2D eigenvalue weighted by molar-refractivity contribution is 7.80. The van der Waals surface area contributed by atoms with Gasteiger partial charge in [-0.1, -0.05) is 91.0 Å². The van der Waals surface area contributed by atoms with E-state index < -0.39 is 12.2 Å². The van der Waals surface area contributed by atoms with Crippen LogP contribution in [-0.2, 0) is 14.3 Å². The lowest BCUT2D eigenvalue weighted by molar-refractivity contribution is -0.135. The number of rotatable bonds is 19. The van der Waals surface area contributed by atoms with Gasteiger partial charge in [0.25, 0.3) is 0 Å². The average Bonchev–Trinajstić information content (AvgIpc) is 3.39. The number of nitrogens with zero attached hydrogens (tertiary/aromatic N) is 4. The Labute approximate surface area is 425 Å². The zero-order chi connectivity index (χ0) is 50.6. The van der Waals surface area contributed by atoms with E-state index in [4.69, 9.17) is 15.8 Å². The highest BCUT2D eigenvalue weighted by atomic mass is 32.1. The normalized spacial score (nSPS) is 11.6. The quantitative estimate of drug-likeness (QED) is 0.0157. The second-order valence-electron chi connectivity index (χ2n) is 16.6. The molecule has 8 rings (SSSR count). The van der Waals surface area contributed by atoms with Gasteiger partial charge in [0.1, 0.15) is 13.4 Å². The van der Waals surface area contributed by atoms with Gasteiger partial charge >= 0.3 is 5.97 Å². The Kier molecular flexibility index (Phi) is 16.0. The Bertz CT molecular complexity index is 3360. The standard InChI is InChI=1S/C58H52N6O5S2/c1-4-68-58(67)57(53-20-17-46(34-59-53)43-13-7-14-50(31-43)69-22-8-23-70)64-62-54-32-47(51-18-15-45(25-37(51)2)42-12-6-10-40(28-42)36-65)29-48-30-49(35-60-56(48)54)52-19-16-44(26-38(52)3)41-11-5-9-39(27-41)33-61-63-55(66)21-24-71/h5-7,9-20,25-36,62,70-71H,4,8,21-24H2,1-3H3,(H,63,66)/b61-33+,64-57-/i36D. The largest absolute Gasteiger partial charge is 0.494 e. The molecule has 13 heteroatoms. The molecule has 0 radical (unpaired) electrons. The van der Waals surface area contributed by atoms with Crippen LogP contribution in [0.2, 0.25) is 0 Å². The number of amides is 1. The summed E-state index contributed by atoms with van der Waals surface area (Å²) in [5.74, 6) is 1.09. The number of aldehydes is 1. The molecule has 6 aromatic carbocycles. The number of carbonyl (C=O) groups excluding carboxylic acids is 3. The molecule has 0 aliphatic carbocycles. The van der Waals surface area contributed by atoms with Crippen LogP contribution in [-0.4, -0.2) is 64.8 Å². The van der Waals surface area contributed by atoms with Crippen LogP contribution in [0, 0.1) is 13.8 Å². The van der Waals surface area contributed by atoms with Gasteiger partial charge in [-0.25, -0.2) is 10.2 Å². The van der Waals surface area contributed by atoms with Gasteiger partial charge in [-0.05, 0) is 148 Å². The molecule has 2 N–H and O–H groups in total. The lowest BCUT2D eigenvalue weighted by atomic mass is 9.93. The molecule has 11 nitrogen and oxygen atoms in total. The molecule has 356 valence electrons. The molecule has 1 amide bonds. The zero-order valence-electron chi connectivity index (χ0n) is 40.5. The highest BCUT2D eigenvalue weighted by Gasteiger charge is 2.19. The Hall–Kier alpha value is -7.87. The van der Waals surface area contributed by atoms with E-state index in [-0.39, 0.29) is 24.6 Å². The Morgan fingerprint density at radius 2 is 1.32 bits per heavy atom. The molecule has 0 spiro atoms. The number of hydrazone groups is 2. The summed E-state index contributed by atoms with van der Waals surface area (Å²) in [6.07, 6.45) is 5.53. The number of ether oxygens (including phenoxy) is 2. The predicted molar refractivity (Wildman–Crippen MR) is 293 cm³/mol. The van der Waals surface area contributed by atoms with Crippen molar-refractivity contribution in [2.24, 2.45) is 10.2 Å². The molecular weight excluding hydrogens is 925 g/mol. The summed E-state index contributed by atoms with van der Waals surface area (Å²) >= 11 is 8.38. The Morgan fingerprint density at radius 1 is 0.690 bits per heavy atom. The molecule has 0 aliphatic rings. The first-order chi connectivity index (χ1) is 35.0. The van der Waals surface area contributed by atoms with E-state index in [2.05, 4.69) is 94.6 Å². The molecule has 0 saturated carbocycles. The van der Waals surface area contributed by atoms with Crippen molar-refractivity contribution in [3.63, 3.8) is 0 Å². The summed E-state index contributed by atoms with van der Waals surface area (Å²) < 4.78 is 19.0. The van der Waals surface area contributed by atoms with Gasteiger partial charge < -0.3 is 9.47 Å². The van der Waals surface area contributed by atoms with Crippen molar-refractivity contribution >= 4 is 71.9 Å². The van der Waals surface area contributed by atoms with Gasteiger partial charge in [0, 0.05) is 40.9 Å². The molecular formula is C58H52N6O5S2. The highest BCUT2D eigenvalue weighted by Crippen LogP contribution is 2.37. The fourth-order valence-electron chi connectivity index (χ4n) is 8.12. The van der Waals surface area contributed by atoms with E-state index in [1.165, 1.54) is 0 Å². The number of carbonyl (C=O) groups is 3. The summed E-state index contributed by atoms with van der Waals surface area (Å²) in [5, 5.41) is 9.61. The minimum absolute atomic E-state index is 0.0131. The summed E-state index contributed by atoms with van der Waals surface area (Å²) in [6.45, 7) is 6.54. The van der Waals surface area contributed by atoms with Gasteiger partial charge in [0.2, 0.25) is 5.91 Å². The molecule has 0 unspecified atom stereocenters. The van der Waals surface area contributed by atoms with Crippen LogP contribution in [0.3, 0.4) is 0 Å².